The summed E-state index contributed by atoms with van der Waals surface area (Å²) in [6.07, 6.45) is 4.85. The fourth-order valence-corrected chi connectivity index (χ4v) is 2.56. The van der Waals surface area contributed by atoms with E-state index in [-0.39, 0.29) is 5.91 Å². The molecular weight excluding hydrogens is 326 g/mol. The lowest BCUT2D eigenvalue weighted by Gasteiger charge is -2.06. The van der Waals surface area contributed by atoms with E-state index in [1.165, 1.54) is 6.08 Å². The van der Waals surface area contributed by atoms with Gasteiger partial charge in [0.15, 0.2) is 5.65 Å². The Kier molecular flexibility index (Phi) is 4.22. The van der Waals surface area contributed by atoms with Crippen molar-refractivity contribution in [3.8, 4) is 11.3 Å². The van der Waals surface area contributed by atoms with Crippen LogP contribution in [0.15, 0.2) is 79.1 Å². The number of nitrogens with zero attached hydrogens (tertiary/aromatic N) is 4. The Labute approximate surface area is 149 Å². The van der Waals surface area contributed by atoms with E-state index in [0.717, 1.165) is 16.8 Å². The molecule has 2 aromatic carbocycles. The van der Waals surface area contributed by atoms with Crippen LogP contribution in [0, 0.1) is 0 Å². The minimum absolute atomic E-state index is 0.187. The molecule has 6 heteroatoms. The van der Waals surface area contributed by atoms with Crippen LogP contribution in [0.5, 0.6) is 0 Å². The molecule has 0 bridgehead atoms. The van der Waals surface area contributed by atoms with Crippen molar-refractivity contribution in [3.05, 3.63) is 84.7 Å². The molecule has 1 amide bonds. The highest BCUT2D eigenvalue weighted by molar-refractivity contribution is 6.02. The van der Waals surface area contributed by atoms with Crippen molar-refractivity contribution in [1.29, 1.82) is 0 Å². The van der Waals surface area contributed by atoms with Gasteiger partial charge in [0.1, 0.15) is 6.33 Å². The Hall–Kier alpha value is -3.80. The number of fused-ring (bicyclic) bond motifs is 1. The monoisotopic (exact) mass is 341 g/mol. The molecular formula is C20H15N5O. The zero-order valence-corrected chi connectivity index (χ0v) is 13.8. The second-order valence-corrected chi connectivity index (χ2v) is 5.67. The Balaban J connectivity index is 1.52. The minimum Gasteiger partial charge on any atom is -0.322 e. The predicted octanol–water partition coefficient (Wildman–Crippen LogP) is 3.44. The summed E-state index contributed by atoms with van der Waals surface area (Å²) in [5.41, 5.74) is 4.03. The van der Waals surface area contributed by atoms with Gasteiger partial charge in [-0.1, -0.05) is 42.5 Å². The summed E-state index contributed by atoms with van der Waals surface area (Å²) in [6.45, 7) is 0. The fraction of sp³-hybridized carbons (Fsp3) is 0. The maximum atomic E-state index is 12.1. The molecule has 0 fully saturated rings. The first kappa shape index (κ1) is 15.7. The average molecular weight is 341 g/mol. The van der Waals surface area contributed by atoms with Crippen molar-refractivity contribution in [1.82, 2.24) is 19.8 Å². The third-order valence-corrected chi connectivity index (χ3v) is 3.81. The van der Waals surface area contributed by atoms with Crippen molar-refractivity contribution in [3.63, 3.8) is 0 Å². The predicted molar refractivity (Wildman–Crippen MR) is 100 cm³/mol. The summed E-state index contributed by atoms with van der Waals surface area (Å²) in [5, 5.41) is 15.1. The lowest BCUT2D eigenvalue weighted by molar-refractivity contribution is -0.111. The number of amides is 1. The first-order valence-electron chi connectivity index (χ1n) is 8.09. The van der Waals surface area contributed by atoms with Crippen molar-refractivity contribution in [2.24, 2.45) is 0 Å². The normalized spacial score (nSPS) is 11.1. The van der Waals surface area contributed by atoms with E-state index in [1.807, 2.05) is 66.7 Å². The molecule has 2 heterocycles. The Morgan fingerprint density at radius 3 is 2.77 bits per heavy atom. The molecule has 1 N–H and O–H groups in total. The van der Waals surface area contributed by atoms with Gasteiger partial charge in [-0.25, -0.2) is 0 Å². The van der Waals surface area contributed by atoms with Gasteiger partial charge >= 0.3 is 0 Å². The number of anilines is 1. The molecule has 4 aromatic rings. The summed E-state index contributed by atoms with van der Waals surface area (Å²) < 4.78 is 1.61. The molecule has 0 saturated heterocycles. The third-order valence-electron chi connectivity index (χ3n) is 3.81. The van der Waals surface area contributed by atoms with E-state index in [1.54, 1.807) is 16.9 Å². The highest BCUT2D eigenvalue weighted by Gasteiger charge is 2.05. The number of benzene rings is 2. The number of carbonyl (C=O) groups is 1. The summed E-state index contributed by atoms with van der Waals surface area (Å²) in [4.78, 5) is 12.1. The zero-order chi connectivity index (χ0) is 17.8. The molecule has 0 aliphatic rings. The van der Waals surface area contributed by atoms with Gasteiger partial charge in [0.25, 0.3) is 0 Å². The van der Waals surface area contributed by atoms with Gasteiger partial charge in [0.05, 0.1) is 5.69 Å². The quantitative estimate of drug-likeness (QED) is 0.577. The smallest absolute Gasteiger partial charge is 0.248 e. The molecule has 0 atom stereocenters. The maximum absolute atomic E-state index is 12.1. The van der Waals surface area contributed by atoms with Crippen molar-refractivity contribution < 1.29 is 4.79 Å². The van der Waals surface area contributed by atoms with Crippen LogP contribution in [-0.4, -0.2) is 25.7 Å². The lowest BCUT2D eigenvalue weighted by Crippen LogP contribution is -2.07. The molecule has 0 spiro atoms. The molecule has 0 aliphatic carbocycles. The van der Waals surface area contributed by atoms with Crippen LogP contribution < -0.4 is 5.32 Å². The number of hydrogen-bond acceptors (Lipinski definition) is 4. The fourth-order valence-electron chi connectivity index (χ4n) is 2.56. The van der Waals surface area contributed by atoms with Crippen LogP contribution in [0.3, 0.4) is 0 Å². The largest absolute Gasteiger partial charge is 0.322 e. The number of carbonyl (C=O) groups excluding carboxylic acids is 1. The first-order valence-corrected chi connectivity index (χ1v) is 8.09. The molecule has 2 aromatic heterocycles. The van der Waals surface area contributed by atoms with E-state index in [2.05, 4.69) is 20.6 Å². The van der Waals surface area contributed by atoms with Crippen molar-refractivity contribution >= 4 is 23.3 Å². The van der Waals surface area contributed by atoms with E-state index in [0.29, 0.717) is 11.3 Å². The first-order chi connectivity index (χ1) is 12.8. The zero-order valence-electron chi connectivity index (χ0n) is 13.8. The van der Waals surface area contributed by atoms with Crippen LogP contribution in [0.1, 0.15) is 5.56 Å². The van der Waals surface area contributed by atoms with E-state index in [9.17, 15) is 4.79 Å². The summed E-state index contributed by atoms with van der Waals surface area (Å²) in [7, 11) is 0. The molecule has 6 nitrogen and oxygen atoms in total. The average Bonchev–Trinajstić information content (AvgIpc) is 3.15. The van der Waals surface area contributed by atoms with E-state index < -0.39 is 0 Å². The molecule has 126 valence electrons. The van der Waals surface area contributed by atoms with Crippen LogP contribution in [-0.2, 0) is 4.79 Å². The van der Waals surface area contributed by atoms with Gasteiger partial charge < -0.3 is 5.32 Å². The number of aromatic nitrogens is 4. The van der Waals surface area contributed by atoms with E-state index >= 15 is 0 Å². The van der Waals surface area contributed by atoms with Gasteiger partial charge in [-0.2, -0.15) is 9.61 Å². The maximum Gasteiger partial charge on any atom is 0.248 e. The Bertz CT molecular complexity index is 1090. The summed E-state index contributed by atoms with van der Waals surface area (Å²) in [5.74, 6) is -0.187. The van der Waals surface area contributed by atoms with Gasteiger partial charge in [-0.15, -0.1) is 10.2 Å². The highest BCUT2D eigenvalue weighted by atomic mass is 16.1. The van der Waals surface area contributed by atoms with Crippen molar-refractivity contribution in [2.45, 2.75) is 0 Å². The second kappa shape index (κ2) is 6.98. The SMILES string of the molecule is O=C(/C=C/c1ccccc1)Nc1cccc(-c2ccc3nncn3n2)c1. The highest BCUT2D eigenvalue weighted by Crippen LogP contribution is 2.21. The van der Waals surface area contributed by atoms with Gasteiger partial charge in [-0.05, 0) is 35.9 Å². The standard InChI is InChI=1S/C20H15N5O/c26-20(12-9-15-5-2-1-3-6-15)22-17-8-4-7-16(13-17)18-10-11-19-23-21-14-25(19)24-18/h1-14H,(H,22,26)/b12-9+. The van der Waals surface area contributed by atoms with Crippen LogP contribution in [0.2, 0.25) is 0 Å². The molecule has 4 rings (SSSR count). The lowest BCUT2D eigenvalue weighted by atomic mass is 10.1. The minimum atomic E-state index is -0.187. The summed E-state index contributed by atoms with van der Waals surface area (Å²) >= 11 is 0. The molecule has 0 aliphatic heterocycles. The topological polar surface area (TPSA) is 72.2 Å². The summed E-state index contributed by atoms with van der Waals surface area (Å²) in [6, 6.07) is 21.0. The molecule has 0 saturated carbocycles. The molecule has 0 unspecified atom stereocenters. The van der Waals surface area contributed by atoms with Crippen molar-refractivity contribution in [2.75, 3.05) is 5.32 Å². The van der Waals surface area contributed by atoms with Crippen LogP contribution in [0.25, 0.3) is 23.0 Å². The van der Waals surface area contributed by atoms with Crippen LogP contribution >= 0.6 is 0 Å². The third kappa shape index (κ3) is 3.49. The Morgan fingerprint density at radius 1 is 1.00 bits per heavy atom. The van der Waals surface area contributed by atoms with E-state index in [4.69, 9.17) is 0 Å². The Morgan fingerprint density at radius 2 is 1.88 bits per heavy atom. The molecule has 0 radical (unpaired) electrons. The van der Waals surface area contributed by atoms with Gasteiger partial charge in [0.2, 0.25) is 5.91 Å². The number of nitrogens with one attached hydrogen (secondary N) is 1. The number of rotatable bonds is 4. The second-order valence-electron chi connectivity index (χ2n) is 5.67. The number of hydrogen-bond donors (Lipinski definition) is 1. The molecule has 26 heavy (non-hydrogen) atoms. The van der Waals surface area contributed by atoms with Gasteiger partial charge in [-0.3, -0.25) is 4.79 Å². The van der Waals surface area contributed by atoms with Gasteiger partial charge in [0, 0.05) is 17.3 Å². The van der Waals surface area contributed by atoms with Crippen LogP contribution in [0.4, 0.5) is 5.69 Å².